The summed E-state index contributed by atoms with van der Waals surface area (Å²) in [5.74, 6) is 0.798. The first-order chi connectivity index (χ1) is 9.42. The van der Waals surface area contributed by atoms with Gasteiger partial charge in [0, 0.05) is 33.7 Å². The van der Waals surface area contributed by atoms with Gasteiger partial charge in [0.25, 0.3) is 0 Å². The number of allylic oxidation sites excluding steroid dienone is 1. The maximum absolute atomic E-state index is 11.6. The number of unbranched alkanes of at least 4 members (excludes halogenated alkanes) is 1. The van der Waals surface area contributed by atoms with Crippen molar-refractivity contribution in [2.24, 2.45) is 4.99 Å². The Bertz CT molecular complexity index is 332. The predicted molar refractivity (Wildman–Crippen MR) is 101 cm³/mol. The minimum atomic E-state index is 0. The van der Waals surface area contributed by atoms with E-state index < -0.39 is 0 Å². The summed E-state index contributed by atoms with van der Waals surface area (Å²) in [5, 5.41) is 3.37. The van der Waals surface area contributed by atoms with Crippen LogP contribution < -0.4 is 5.32 Å². The Kier molecular flexibility index (Phi) is 13.8. The summed E-state index contributed by atoms with van der Waals surface area (Å²) in [6, 6.07) is 0.338. The highest BCUT2D eigenvalue weighted by atomic mass is 127. The lowest BCUT2D eigenvalue weighted by Gasteiger charge is -2.25. The molecule has 0 bridgehead atoms. The lowest BCUT2D eigenvalue weighted by molar-refractivity contribution is -0.127. The van der Waals surface area contributed by atoms with Crippen molar-refractivity contribution in [3.63, 3.8) is 0 Å². The summed E-state index contributed by atoms with van der Waals surface area (Å²) in [7, 11) is 5.48. The Labute approximate surface area is 146 Å². The van der Waals surface area contributed by atoms with Crippen LogP contribution in [0.3, 0.4) is 0 Å². The smallest absolute Gasteiger partial charge is 0.243 e. The number of hydrogen-bond donors (Lipinski definition) is 1. The maximum Gasteiger partial charge on any atom is 0.243 e. The molecule has 0 aromatic heterocycles. The Hall–Kier alpha value is -0.790. The quantitative estimate of drug-likeness (QED) is 0.220. The molecule has 6 heteroatoms. The van der Waals surface area contributed by atoms with Crippen molar-refractivity contribution < 1.29 is 4.79 Å². The molecule has 0 aliphatic carbocycles. The molecule has 0 aromatic rings. The summed E-state index contributed by atoms with van der Waals surface area (Å²) in [6.07, 6.45) is 4.95. The molecule has 1 amide bonds. The molecule has 0 radical (unpaired) electrons. The van der Waals surface area contributed by atoms with Crippen molar-refractivity contribution in [1.82, 2.24) is 15.1 Å². The highest BCUT2D eigenvalue weighted by molar-refractivity contribution is 14.0. The number of hydrogen-bond acceptors (Lipinski definition) is 2. The van der Waals surface area contributed by atoms with E-state index in [0.717, 1.165) is 31.8 Å². The van der Waals surface area contributed by atoms with Crippen LogP contribution in [0.4, 0.5) is 0 Å². The van der Waals surface area contributed by atoms with E-state index in [4.69, 9.17) is 0 Å². The second-order valence-corrected chi connectivity index (χ2v) is 5.23. The van der Waals surface area contributed by atoms with Gasteiger partial charge in [0.15, 0.2) is 5.96 Å². The molecule has 1 N–H and O–H groups in total. The zero-order valence-electron chi connectivity index (χ0n) is 14.1. The van der Waals surface area contributed by atoms with Gasteiger partial charge in [0.2, 0.25) is 5.91 Å². The van der Waals surface area contributed by atoms with Gasteiger partial charge in [-0.25, -0.2) is 4.99 Å². The average molecular weight is 410 g/mol. The van der Waals surface area contributed by atoms with Gasteiger partial charge in [0.05, 0.1) is 0 Å². The molecule has 0 aliphatic rings. The van der Waals surface area contributed by atoms with Crippen molar-refractivity contribution in [1.29, 1.82) is 0 Å². The first kappa shape index (κ1) is 22.5. The summed E-state index contributed by atoms with van der Waals surface area (Å²) in [5.41, 5.74) is 0. The largest absolute Gasteiger partial charge is 0.354 e. The van der Waals surface area contributed by atoms with Crippen LogP contribution in [0.5, 0.6) is 0 Å². The van der Waals surface area contributed by atoms with Crippen molar-refractivity contribution in [2.75, 3.05) is 34.2 Å². The second-order valence-electron chi connectivity index (χ2n) is 5.23. The molecule has 0 saturated carbocycles. The monoisotopic (exact) mass is 410 g/mol. The fraction of sp³-hybridized carbons (Fsp3) is 0.733. The van der Waals surface area contributed by atoms with E-state index in [1.165, 1.54) is 0 Å². The highest BCUT2D eigenvalue weighted by Crippen LogP contribution is 1.97. The molecular formula is C15H31IN4O. The Morgan fingerprint density at radius 3 is 2.48 bits per heavy atom. The number of guanidine groups is 1. The number of halogens is 1. The zero-order chi connectivity index (χ0) is 15.5. The van der Waals surface area contributed by atoms with Gasteiger partial charge in [-0.15, -0.1) is 30.6 Å². The normalized spacial score (nSPS) is 12.1. The lowest BCUT2D eigenvalue weighted by Crippen LogP contribution is -2.44. The predicted octanol–water partition coefficient (Wildman–Crippen LogP) is 2.33. The Morgan fingerprint density at radius 2 is 2.00 bits per heavy atom. The van der Waals surface area contributed by atoms with E-state index in [9.17, 15) is 4.79 Å². The van der Waals surface area contributed by atoms with Crippen LogP contribution in [0.15, 0.2) is 17.6 Å². The zero-order valence-corrected chi connectivity index (χ0v) is 16.4. The first-order valence-electron chi connectivity index (χ1n) is 7.25. The number of carbonyl (C=O) groups is 1. The number of likely N-dealkylation sites (N-methyl/N-ethyl adjacent to an activating group) is 1. The molecule has 5 nitrogen and oxygen atoms in total. The van der Waals surface area contributed by atoms with Crippen LogP contribution >= 0.6 is 24.0 Å². The van der Waals surface area contributed by atoms with Gasteiger partial charge in [-0.05, 0) is 26.2 Å². The summed E-state index contributed by atoms with van der Waals surface area (Å²) in [4.78, 5) is 19.7. The molecule has 1 atom stereocenters. The third-order valence-corrected chi connectivity index (χ3v) is 3.11. The van der Waals surface area contributed by atoms with Crippen LogP contribution in [0.1, 0.15) is 33.1 Å². The number of nitrogens with zero attached hydrogens (tertiary/aromatic N) is 3. The highest BCUT2D eigenvalue weighted by Gasteiger charge is 2.10. The van der Waals surface area contributed by atoms with Crippen molar-refractivity contribution in [3.8, 4) is 0 Å². The second kappa shape index (κ2) is 12.9. The van der Waals surface area contributed by atoms with E-state index >= 15 is 0 Å². The van der Waals surface area contributed by atoms with Gasteiger partial charge < -0.3 is 15.1 Å². The molecule has 0 fully saturated rings. The maximum atomic E-state index is 11.6. The number of aliphatic imine (C=N–C) groups is 1. The molecular weight excluding hydrogens is 379 g/mol. The molecule has 21 heavy (non-hydrogen) atoms. The fourth-order valence-electron chi connectivity index (χ4n) is 1.46. The van der Waals surface area contributed by atoms with Crippen LogP contribution in [0.2, 0.25) is 0 Å². The summed E-state index contributed by atoms with van der Waals surface area (Å²) < 4.78 is 0. The van der Waals surface area contributed by atoms with E-state index in [2.05, 4.69) is 35.6 Å². The van der Waals surface area contributed by atoms with Gasteiger partial charge in [0.1, 0.15) is 6.54 Å². The minimum absolute atomic E-state index is 0. The Balaban J connectivity index is 0. The number of rotatable bonds is 8. The average Bonchev–Trinajstić information content (AvgIpc) is 2.42. The third-order valence-electron chi connectivity index (χ3n) is 3.11. The number of nitrogens with one attached hydrogen (secondary N) is 1. The van der Waals surface area contributed by atoms with Gasteiger partial charge in [-0.3, -0.25) is 4.79 Å². The van der Waals surface area contributed by atoms with E-state index in [0.29, 0.717) is 6.04 Å². The van der Waals surface area contributed by atoms with Crippen molar-refractivity contribution in [2.45, 2.75) is 39.2 Å². The SMILES string of the molecule is C=CCCCN(C)C(=NCC(=O)N(C)C)NC(C)CC.I. The molecule has 0 aliphatic heterocycles. The standard InChI is InChI=1S/C15H30N4O.HI/c1-7-9-10-11-19(6)15(17-13(3)8-2)16-12-14(20)18(4)5;/h7,13H,1,8-12H2,2-6H3,(H,16,17);1H. The molecule has 0 saturated heterocycles. The number of amides is 1. The molecule has 1 unspecified atom stereocenters. The van der Waals surface area contributed by atoms with Gasteiger partial charge in [-0.1, -0.05) is 13.0 Å². The summed E-state index contributed by atoms with van der Waals surface area (Å²) in [6.45, 7) is 9.03. The van der Waals surface area contributed by atoms with Gasteiger partial charge >= 0.3 is 0 Å². The minimum Gasteiger partial charge on any atom is -0.354 e. The topological polar surface area (TPSA) is 47.9 Å². The Morgan fingerprint density at radius 1 is 1.38 bits per heavy atom. The molecule has 124 valence electrons. The van der Waals surface area contributed by atoms with Crippen LogP contribution in [0.25, 0.3) is 0 Å². The van der Waals surface area contributed by atoms with Crippen LogP contribution in [0, 0.1) is 0 Å². The molecule has 0 spiro atoms. The first-order valence-corrected chi connectivity index (χ1v) is 7.25. The number of carbonyl (C=O) groups excluding carboxylic acids is 1. The third kappa shape index (κ3) is 10.6. The van der Waals surface area contributed by atoms with E-state index in [1.807, 2.05) is 13.1 Å². The van der Waals surface area contributed by atoms with Crippen molar-refractivity contribution >= 4 is 35.8 Å². The summed E-state index contributed by atoms with van der Waals surface area (Å²) >= 11 is 0. The fourth-order valence-corrected chi connectivity index (χ4v) is 1.46. The lowest BCUT2D eigenvalue weighted by atomic mass is 10.2. The molecule has 0 rings (SSSR count). The van der Waals surface area contributed by atoms with E-state index in [-0.39, 0.29) is 36.4 Å². The van der Waals surface area contributed by atoms with Gasteiger partial charge in [-0.2, -0.15) is 0 Å². The molecule has 0 heterocycles. The molecule has 0 aromatic carbocycles. The van der Waals surface area contributed by atoms with Crippen LogP contribution in [-0.2, 0) is 4.79 Å². The van der Waals surface area contributed by atoms with Crippen molar-refractivity contribution in [3.05, 3.63) is 12.7 Å². The van der Waals surface area contributed by atoms with E-state index in [1.54, 1.807) is 19.0 Å². The van der Waals surface area contributed by atoms with Crippen LogP contribution in [-0.4, -0.2) is 61.9 Å².